The first-order valence-corrected chi connectivity index (χ1v) is 9.88. The van der Waals surface area contributed by atoms with Crippen molar-refractivity contribution in [2.24, 2.45) is 0 Å². The van der Waals surface area contributed by atoms with Crippen LogP contribution in [0.2, 0.25) is 0 Å². The van der Waals surface area contributed by atoms with Gasteiger partial charge in [-0.1, -0.05) is 55.1 Å². The van der Waals surface area contributed by atoms with E-state index in [0.29, 0.717) is 11.3 Å². The molecule has 3 aromatic carbocycles. The van der Waals surface area contributed by atoms with E-state index in [9.17, 15) is 14.4 Å². The first kappa shape index (κ1) is 22.5. The van der Waals surface area contributed by atoms with Gasteiger partial charge in [0.25, 0.3) is 0 Å². The monoisotopic (exact) mass is 430 g/mol. The van der Waals surface area contributed by atoms with Gasteiger partial charge in [-0.3, -0.25) is 0 Å². The van der Waals surface area contributed by atoms with E-state index in [1.54, 1.807) is 37.3 Å². The van der Waals surface area contributed by atoms with Gasteiger partial charge in [0.1, 0.15) is 19.0 Å². The Balaban J connectivity index is 1.84. The highest BCUT2D eigenvalue weighted by Crippen LogP contribution is 2.19. The lowest BCUT2D eigenvalue weighted by molar-refractivity contribution is 0.0471. The summed E-state index contributed by atoms with van der Waals surface area (Å²) in [7, 11) is 0. The average Bonchev–Trinajstić information content (AvgIpc) is 2.81. The Morgan fingerprint density at radius 1 is 0.750 bits per heavy atom. The summed E-state index contributed by atoms with van der Waals surface area (Å²) in [6, 6.07) is 21.7. The zero-order chi connectivity index (χ0) is 22.9. The molecule has 0 aliphatic heterocycles. The van der Waals surface area contributed by atoms with Crippen molar-refractivity contribution >= 4 is 17.9 Å². The third kappa shape index (κ3) is 6.15. The van der Waals surface area contributed by atoms with Crippen molar-refractivity contribution in [2.75, 3.05) is 6.61 Å². The normalized spacial score (nSPS) is 10.2. The average molecular weight is 430 g/mol. The molecule has 162 valence electrons. The van der Waals surface area contributed by atoms with Crippen LogP contribution < -0.4 is 4.74 Å². The van der Waals surface area contributed by atoms with Crippen LogP contribution in [0.4, 0.5) is 0 Å². The highest BCUT2D eigenvalue weighted by atomic mass is 16.5. The van der Waals surface area contributed by atoms with Crippen LogP contribution in [0, 0.1) is 0 Å². The molecular weight excluding hydrogens is 408 g/mol. The van der Waals surface area contributed by atoms with Crippen LogP contribution in [0.15, 0.2) is 91.0 Å². The summed E-state index contributed by atoms with van der Waals surface area (Å²) in [5.74, 6) is -1.83. The van der Waals surface area contributed by atoms with Crippen LogP contribution in [0.1, 0.15) is 43.6 Å². The molecule has 0 heterocycles. The Kier molecular flexibility index (Phi) is 7.54. The molecule has 0 saturated heterocycles. The van der Waals surface area contributed by atoms with E-state index < -0.39 is 17.9 Å². The number of carbonyl (C=O) groups is 3. The van der Waals surface area contributed by atoms with E-state index >= 15 is 0 Å². The van der Waals surface area contributed by atoms with Crippen LogP contribution >= 0.6 is 0 Å². The van der Waals surface area contributed by atoms with Gasteiger partial charge in [-0.25, -0.2) is 14.4 Å². The topological polar surface area (TPSA) is 78.9 Å². The van der Waals surface area contributed by atoms with Crippen LogP contribution in [-0.4, -0.2) is 24.5 Å². The van der Waals surface area contributed by atoms with E-state index in [4.69, 9.17) is 14.2 Å². The van der Waals surface area contributed by atoms with Gasteiger partial charge in [0.05, 0.1) is 16.7 Å². The second-order valence-electron chi connectivity index (χ2n) is 7.06. The maximum atomic E-state index is 12.7. The standard InChI is InChI=1S/C26H22O6/c1-18(2)16-30-25(28)23-15-20(24(27)31-17-19-9-5-3-6-10-19)13-14-22(23)26(29)32-21-11-7-4-8-12-21/h3-15H,1,16-17H2,2H3. The first-order chi connectivity index (χ1) is 15.4. The fourth-order valence-electron chi connectivity index (χ4n) is 2.74. The van der Waals surface area contributed by atoms with Crippen molar-refractivity contribution in [3.8, 4) is 5.75 Å². The molecule has 0 N–H and O–H groups in total. The molecule has 0 aliphatic carbocycles. The SMILES string of the molecule is C=C(C)COC(=O)c1cc(C(=O)OCc2ccccc2)ccc1C(=O)Oc1ccccc1. The smallest absolute Gasteiger partial charge is 0.344 e. The van der Waals surface area contributed by atoms with Crippen molar-refractivity contribution in [3.63, 3.8) is 0 Å². The molecule has 0 atom stereocenters. The minimum absolute atomic E-state index is 0.0192. The summed E-state index contributed by atoms with van der Waals surface area (Å²) in [6.07, 6.45) is 0. The number of para-hydroxylation sites is 1. The number of rotatable bonds is 8. The third-order valence-electron chi connectivity index (χ3n) is 4.31. The van der Waals surface area contributed by atoms with Gasteiger partial charge < -0.3 is 14.2 Å². The number of benzene rings is 3. The Morgan fingerprint density at radius 2 is 1.41 bits per heavy atom. The van der Waals surface area contributed by atoms with E-state index in [1.807, 2.05) is 30.3 Å². The summed E-state index contributed by atoms with van der Waals surface area (Å²) in [5.41, 5.74) is 1.44. The molecular formula is C26H22O6. The molecule has 0 saturated carbocycles. The summed E-state index contributed by atoms with van der Waals surface area (Å²) >= 11 is 0. The zero-order valence-electron chi connectivity index (χ0n) is 17.6. The predicted octanol–water partition coefficient (Wildman–Crippen LogP) is 5.00. The van der Waals surface area contributed by atoms with Crippen molar-refractivity contribution in [1.29, 1.82) is 0 Å². The third-order valence-corrected chi connectivity index (χ3v) is 4.31. The van der Waals surface area contributed by atoms with Crippen LogP contribution in [0.3, 0.4) is 0 Å². The van der Waals surface area contributed by atoms with Crippen LogP contribution in [0.5, 0.6) is 5.75 Å². The molecule has 3 aromatic rings. The number of esters is 3. The molecule has 32 heavy (non-hydrogen) atoms. The largest absolute Gasteiger partial charge is 0.458 e. The zero-order valence-corrected chi connectivity index (χ0v) is 17.6. The van der Waals surface area contributed by atoms with E-state index in [1.165, 1.54) is 18.2 Å². The van der Waals surface area contributed by atoms with E-state index in [2.05, 4.69) is 6.58 Å². The number of hydrogen-bond acceptors (Lipinski definition) is 6. The number of hydrogen-bond donors (Lipinski definition) is 0. The molecule has 0 aromatic heterocycles. The molecule has 0 fully saturated rings. The highest BCUT2D eigenvalue weighted by molar-refractivity contribution is 6.05. The summed E-state index contributed by atoms with van der Waals surface area (Å²) in [6.45, 7) is 5.45. The molecule has 0 bridgehead atoms. The van der Waals surface area contributed by atoms with Gasteiger partial charge in [-0.05, 0) is 48.4 Å². The van der Waals surface area contributed by atoms with Gasteiger partial charge in [0.2, 0.25) is 0 Å². The van der Waals surface area contributed by atoms with Crippen LogP contribution in [0.25, 0.3) is 0 Å². The summed E-state index contributed by atoms with van der Waals surface area (Å²) in [5, 5.41) is 0. The first-order valence-electron chi connectivity index (χ1n) is 9.88. The second kappa shape index (κ2) is 10.7. The highest BCUT2D eigenvalue weighted by Gasteiger charge is 2.23. The summed E-state index contributed by atoms with van der Waals surface area (Å²) in [4.78, 5) is 37.9. The minimum atomic E-state index is -0.772. The maximum Gasteiger partial charge on any atom is 0.344 e. The maximum absolute atomic E-state index is 12.7. The van der Waals surface area contributed by atoms with Crippen molar-refractivity contribution in [3.05, 3.63) is 113 Å². The van der Waals surface area contributed by atoms with Gasteiger partial charge in [-0.15, -0.1) is 0 Å². The molecule has 6 heteroatoms. The number of carbonyl (C=O) groups excluding carboxylic acids is 3. The van der Waals surface area contributed by atoms with E-state index in [-0.39, 0.29) is 29.9 Å². The molecule has 0 aliphatic rings. The second-order valence-corrected chi connectivity index (χ2v) is 7.06. The minimum Gasteiger partial charge on any atom is -0.458 e. The lowest BCUT2D eigenvalue weighted by Gasteiger charge is -2.12. The molecule has 0 amide bonds. The Hall–Kier alpha value is -4.19. The van der Waals surface area contributed by atoms with E-state index in [0.717, 1.165) is 5.56 Å². The fraction of sp³-hybridized carbons (Fsp3) is 0.115. The molecule has 0 spiro atoms. The van der Waals surface area contributed by atoms with Gasteiger partial charge >= 0.3 is 17.9 Å². The predicted molar refractivity (Wildman–Crippen MR) is 119 cm³/mol. The summed E-state index contributed by atoms with van der Waals surface area (Å²) < 4.78 is 15.9. The molecule has 0 unspecified atom stereocenters. The van der Waals surface area contributed by atoms with Crippen molar-refractivity contribution < 1.29 is 28.6 Å². The lowest BCUT2D eigenvalue weighted by Crippen LogP contribution is -2.18. The van der Waals surface area contributed by atoms with Crippen molar-refractivity contribution in [1.82, 2.24) is 0 Å². The van der Waals surface area contributed by atoms with Crippen LogP contribution in [-0.2, 0) is 16.1 Å². The Labute approximate surface area is 186 Å². The quantitative estimate of drug-likeness (QED) is 0.284. The number of ether oxygens (including phenoxy) is 3. The molecule has 6 nitrogen and oxygen atoms in total. The lowest BCUT2D eigenvalue weighted by atomic mass is 10.0. The molecule has 3 rings (SSSR count). The van der Waals surface area contributed by atoms with Gasteiger partial charge in [-0.2, -0.15) is 0 Å². The fourth-order valence-corrected chi connectivity index (χ4v) is 2.74. The Bertz CT molecular complexity index is 1120. The van der Waals surface area contributed by atoms with Crippen molar-refractivity contribution in [2.45, 2.75) is 13.5 Å². The van der Waals surface area contributed by atoms with Gasteiger partial charge in [0.15, 0.2) is 0 Å². The molecule has 0 radical (unpaired) electrons. The van der Waals surface area contributed by atoms with Gasteiger partial charge in [0, 0.05) is 0 Å². The Morgan fingerprint density at radius 3 is 2.06 bits per heavy atom.